The summed E-state index contributed by atoms with van der Waals surface area (Å²) in [4.78, 5) is 6.33. The van der Waals surface area contributed by atoms with Crippen LogP contribution in [0.2, 0.25) is 0 Å². The van der Waals surface area contributed by atoms with Crippen molar-refractivity contribution in [3.63, 3.8) is 0 Å². The molecule has 1 aromatic carbocycles. The fraction of sp³-hybridized carbons (Fsp3) is 0.250. The van der Waals surface area contributed by atoms with Gasteiger partial charge in [0.2, 0.25) is 0 Å². The van der Waals surface area contributed by atoms with Crippen molar-refractivity contribution in [3.8, 4) is 11.3 Å². The maximum Gasteiger partial charge on any atom is 0.103 e. The number of benzene rings is 1. The van der Waals surface area contributed by atoms with Crippen molar-refractivity contribution in [2.45, 2.75) is 29.5 Å². The molecule has 6 nitrogen and oxygen atoms in total. The van der Waals surface area contributed by atoms with Crippen molar-refractivity contribution in [2.75, 3.05) is 12.3 Å². The average molecular weight is 327 g/mol. The normalized spacial score (nSPS) is 14.0. The summed E-state index contributed by atoms with van der Waals surface area (Å²) in [6.07, 6.45) is 3.12. The van der Waals surface area contributed by atoms with Crippen LogP contribution < -0.4 is 11.1 Å². The van der Waals surface area contributed by atoms with Gasteiger partial charge in [0.15, 0.2) is 0 Å². The highest BCUT2D eigenvalue weighted by Crippen LogP contribution is 2.49. The number of nitrogens with zero attached hydrogens (tertiary/aromatic N) is 3. The number of pyridine rings is 1. The molecule has 4 N–H and O–H groups in total. The Morgan fingerprint density at radius 1 is 1.39 bits per heavy atom. The van der Waals surface area contributed by atoms with Crippen LogP contribution in [0, 0.1) is 0 Å². The molecule has 1 atom stereocenters. The highest BCUT2D eigenvalue weighted by Gasteiger charge is 2.25. The van der Waals surface area contributed by atoms with Crippen LogP contribution in [0.4, 0.5) is 5.69 Å². The van der Waals surface area contributed by atoms with Gasteiger partial charge in [0.25, 0.3) is 0 Å². The fourth-order valence-electron chi connectivity index (χ4n) is 2.87. The van der Waals surface area contributed by atoms with E-state index in [1.54, 1.807) is 24.9 Å². The van der Waals surface area contributed by atoms with Gasteiger partial charge in [-0.1, -0.05) is 11.8 Å². The summed E-state index contributed by atoms with van der Waals surface area (Å²) in [5.41, 5.74) is 10.1. The van der Waals surface area contributed by atoms with Crippen LogP contribution in [0.25, 0.3) is 22.2 Å². The lowest BCUT2D eigenvalue weighted by Gasteiger charge is -2.15. The number of rotatable bonds is 4. The minimum Gasteiger partial charge on any atom is -0.398 e. The van der Waals surface area contributed by atoms with Gasteiger partial charge in [-0.25, -0.2) is 0 Å². The van der Waals surface area contributed by atoms with Gasteiger partial charge >= 0.3 is 0 Å². The molecule has 118 valence electrons. The van der Waals surface area contributed by atoms with E-state index in [2.05, 4.69) is 10.3 Å². The van der Waals surface area contributed by atoms with Crippen molar-refractivity contribution in [3.05, 3.63) is 30.6 Å². The predicted molar refractivity (Wildman–Crippen MR) is 91.2 cm³/mol. The fourth-order valence-corrected chi connectivity index (χ4v) is 3.97. The first-order valence-electron chi connectivity index (χ1n) is 7.48. The van der Waals surface area contributed by atoms with Gasteiger partial charge in [0, 0.05) is 45.4 Å². The van der Waals surface area contributed by atoms with Crippen LogP contribution >= 0.6 is 11.8 Å². The van der Waals surface area contributed by atoms with E-state index in [4.69, 9.17) is 10.8 Å². The number of nitrogen functional groups attached to an aromatic ring is 1. The van der Waals surface area contributed by atoms with Crippen molar-refractivity contribution in [1.82, 2.24) is 20.1 Å². The predicted octanol–water partition coefficient (Wildman–Crippen LogP) is 2.07. The summed E-state index contributed by atoms with van der Waals surface area (Å²) in [5, 5.41) is 18.2. The summed E-state index contributed by atoms with van der Waals surface area (Å²) in [5.74, 6) is 0. The molecule has 1 aliphatic heterocycles. The number of hydrogen-bond acceptors (Lipinski definition) is 6. The first-order valence-corrected chi connectivity index (χ1v) is 8.29. The Balaban J connectivity index is 1.86. The molecule has 2 aromatic heterocycles. The number of fused-ring (bicyclic) bond motifs is 2. The zero-order chi connectivity index (χ0) is 16.0. The largest absolute Gasteiger partial charge is 0.398 e. The second kappa shape index (κ2) is 5.52. The molecule has 0 radical (unpaired) electrons. The van der Waals surface area contributed by atoms with Gasteiger partial charge in [-0.15, -0.1) is 0 Å². The van der Waals surface area contributed by atoms with Crippen molar-refractivity contribution in [2.24, 2.45) is 0 Å². The summed E-state index contributed by atoms with van der Waals surface area (Å²) >= 11 is 1.65. The first-order chi connectivity index (χ1) is 11.1. The van der Waals surface area contributed by atoms with Crippen molar-refractivity contribution < 1.29 is 5.11 Å². The van der Waals surface area contributed by atoms with Crippen LogP contribution in [0.15, 0.2) is 40.4 Å². The lowest BCUT2D eigenvalue weighted by molar-refractivity contribution is 0.155. The third-order valence-electron chi connectivity index (χ3n) is 3.92. The number of nitrogens with one attached hydrogen (secondary N) is 1. The van der Waals surface area contributed by atoms with E-state index in [1.165, 1.54) is 0 Å². The SMILES string of the molecule is CC(O)NCCn1nc2c3c(c(N)ccc31)Sc1cnccc1-2. The Labute approximate surface area is 137 Å². The Bertz CT molecular complexity index is 890. The molecular weight excluding hydrogens is 310 g/mol. The highest BCUT2D eigenvalue weighted by molar-refractivity contribution is 8.00. The summed E-state index contributed by atoms with van der Waals surface area (Å²) in [7, 11) is 0. The zero-order valence-corrected chi connectivity index (χ0v) is 13.5. The molecule has 0 aliphatic carbocycles. The molecule has 4 rings (SSSR count). The first kappa shape index (κ1) is 14.5. The summed E-state index contributed by atoms with van der Waals surface area (Å²) in [6, 6.07) is 5.94. The van der Waals surface area contributed by atoms with Gasteiger partial charge in [0.1, 0.15) is 11.9 Å². The molecule has 0 saturated carbocycles. The maximum absolute atomic E-state index is 9.35. The topological polar surface area (TPSA) is 89.0 Å². The van der Waals surface area contributed by atoms with Gasteiger partial charge in [-0.05, 0) is 25.1 Å². The second-order valence-electron chi connectivity index (χ2n) is 5.55. The number of aliphatic hydroxyl groups excluding tert-OH is 1. The monoisotopic (exact) mass is 327 g/mol. The molecule has 1 aliphatic rings. The second-order valence-corrected chi connectivity index (χ2v) is 6.61. The number of aliphatic hydroxyl groups is 1. The molecule has 0 bridgehead atoms. The van der Waals surface area contributed by atoms with Crippen molar-refractivity contribution in [1.29, 1.82) is 0 Å². The Morgan fingerprint density at radius 2 is 2.26 bits per heavy atom. The third-order valence-corrected chi connectivity index (χ3v) is 5.11. The van der Waals surface area contributed by atoms with Crippen LogP contribution in [0.3, 0.4) is 0 Å². The molecular formula is C16H17N5OS. The molecule has 3 heterocycles. The number of anilines is 1. The Morgan fingerprint density at radius 3 is 3.09 bits per heavy atom. The maximum atomic E-state index is 9.35. The van der Waals surface area contributed by atoms with Gasteiger partial charge in [0.05, 0.1) is 12.1 Å². The van der Waals surface area contributed by atoms with E-state index in [0.29, 0.717) is 13.1 Å². The lowest BCUT2D eigenvalue weighted by Crippen LogP contribution is -2.29. The van der Waals surface area contributed by atoms with Gasteiger partial charge < -0.3 is 10.8 Å². The summed E-state index contributed by atoms with van der Waals surface area (Å²) < 4.78 is 1.97. The van der Waals surface area contributed by atoms with E-state index in [1.807, 2.05) is 29.1 Å². The van der Waals surface area contributed by atoms with E-state index in [9.17, 15) is 5.11 Å². The minimum atomic E-state index is -0.527. The molecule has 0 fully saturated rings. The van der Waals surface area contributed by atoms with Crippen LogP contribution in [-0.2, 0) is 6.54 Å². The van der Waals surface area contributed by atoms with Crippen LogP contribution in [0.1, 0.15) is 6.92 Å². The van der Waals surface area contributed by atoms with Crippen molar-refractivity contribution >= 4 is 28.4 Å². The molecule has 0 amide bonds. The summed E-state index contributed by atoms with van der Waals surface area (Å²) in [6.45, 7) is 3.03. The lowest BCUT2D eigenvalue weighted by atomic mass is 10.1. The molecule has 0 spiro atoms. The molecule has 7 heteroatoms. The smallest absolute Gasteiger partial charge is 0.103 e. The Hall–Kier alpha value is -2.09. The van der Waals surface area contributed by atoms with E-state index in [0.717, 1.165) is 37.6 Å². The van der Waals surface area contributed by atoms with E-state index >= 15 is 0 Å². The molecule has 0 saturated heterocycles. The standard InChI is InChI=1S/C16H17N5OS/c1-9(22)19-6-7-21-12-3-2-11(17)16-14(12)15(20-21)10-4-5-18-8-13(10)23-16/h2-5,8-9,19,22H,6-7,17H2,1H3. The number of nitrogens with two attached hydrogens (primary N) is 1. The zero-order valence-electron chi connectivity index (χ0n) is 12.7. The number of aromatic nitrogens is 3. The third kappa shape index (κ3) is 2.37. The van der Waals surface area contributed by atoms with Crippen LogP contribution in [0.5, 0.6) is 0 Å². The van der Waals surface area contributed by atoms with E-state index in [-0.39, 0.29) is 0 Å². The highest BCUT2D eigenvalue weighted by atomic mass is 32.2. The van der Waals surface area contributed by atoms with Gasteiger partial charge in [-0.2, -0.15) is 5.10 Å². The quantitative estimate of drug-likeness (QED) is 0.393. The Kier molecular flexibility index (Phi) is 3.48. The average Bonchev–Trinajstić information content (AvgIpc) is 2.90. The molecule has 1 unspecified atom stereocenters. The van der Waals surface area contributed by atoms with Gasteiger partial charge in [-0.3, -0.25) is 15.0 Å². The van der Waals surface area contributed by atoms with E-state index < -0.39 is 6.23 Å². The minimum absolute atomic E-state index is 0.527. The molecule has 3 aromatic rings. The number of hydrogen-bond donors (Lipinski definition) is 3. The van der Waals surface area contributed by atoms with Crippen LogP contribution in [-0.4, -0.2) is 32.6 Å². The molecule has 23 heavy (non-hydrogen) atoms.